The van der Waals surface area contributed by atoms with E-state index in [1.165, 1.54) is 19.3 Å². The van der Waals surface area contributed by atoms with Crippen molar-refractivity contribution in [3.8, 4) is 0 Å². The molecule has 1 saturated carbocycles. The van der Waals surface area contributed by atoms with Crippen molar-refractivity contribution in [3.63, 3.8) is 0 Å². The Labute approximate surface area is 130 Å². The Bertz CT molecular complexity index is 381. The topological polar surface area (TPSA) is 32.3 Å². The fourth-order valence-electron chi connectivity index (χ4n) is 4.24. The molecule has 2 fully saturated rings. The van der Waals surface area contributed by atoms with E-state index >= 15 is 0 Å². The summed E-state index contributed by atoms with van der Waals surface area (Å²) >= 11 is 0. The largest absolute Gasteiger partial charge is 0.322 e. The lowest BCUT2D eigenvalue weighted by Gasteiger charge is -2.41. The van der Waals surface area contributed by atoms with Gasteiger partial charge < -0.3 is 4.90 Å². The van der Waals surface area contributed by atoms with Crippen molar-refractivity contribution in [1.29, 1.82) is 0 Å². The van der Waals surface area contributed by atoms with Gasteiger partial charge in [-0.1, -0.05) is 34.6 Å². The summed E-state index contributed by atoms with van der Waals surface area (Å²) in [5.41, 5.74) is -0.359. The van der Waals surface area contributed by atoms with Gasteiger partial charge in [-0.05, 0) is 56.8 Å². The van der Waals surface area contributed by atoms with Crippen molar-refractivity contribution in [3.05, 3.63) is 0 Å². The van der Waals surface area contributed by atoms with Gasteiger partial charge in [-0.15, -0.1) is 0 Å². The lowest BCUT2D eigenvalue weighted by atomic mass is 9.78. The third-order valence-electron chi connectivity index (χ3n) is 5.67. The van der Waals surface area contributed by atoms with Crippen LogP contribution >= 0.6 is 0 Å². The normalized spacial score (nSPS) is 41.1. The summed E-state index contributed by atoms with van der Waals surface area (Å²) in [6.45, 7) is 13.4. The van der Waals surface area contributed by atoms with Crippen LogP contribution in [0.4, 0.5) is 0 Å². The summed E-state index contributed by atoms with van der Waals surface area (Å²) < 4.78 is 0. The number of rotatable bonds is 4. The van der Waals surface area contributed by atoms with Gasteiger partial charge in [0.2, 0.25) is 5.91 Å². The second-order valence-corrected chi connectivity index (χ2v) is 8.15. The molecule has 1 N–H and O–H groups in total. The minimum absolute atomic E-state index is 0.225. The molecule has 2 aliphatic rings. The lowest BCUT2D eigenvalue weighted by Crippen LogP contribution is -2.50. The molecule has 1 heterocycles. The van der Waals surface area contributed by atoms with Crippen LogP contribution in [-0.4, -0.2) is 28.6 Å². The Morgan fingerprint density at radius 2 is 2.00 bits per heavy atom. The van der Waals surface area contributed by atoms with Crippen molar-refractivity contribution in [1.82, 2.24) is 10.2 Å². The maximum atomic E-state index is 13.0. The van der Waals surface area contributed by atoms with Crippen LogP contribution in [0.1, 0.15) is 73.6 Å². The molecular weight excluding hydrogens is 260 g/mol. The number of hydrogen-bond acceptors (Lipinski definition) is 2. The molecule has 0 spiro atoms. The summed E-state index contributed by atoms with van der Waals surface area (Å²) in [4.78, 5) is 15.3. The minimum Gasteiger partial charge on any atom is -0.322 e. The van der Waals surface area contributed by atoms with E-state index in [1.54, 1.807) is 0 Å². The molecular formula is C18H34N2O. The van der Waals surface area contributed by atoms with Crippen molar-refractivity contribution in [2.24, 2.45) is 17.8 Å². The van der Waals surface area contributed by atoms with E-state index in [9.17, 15) is 4.79 Å². The van der Waals surface area contributed by atoms with E-state index < -0.39 is 0 Å². The Morgan fingerprint density at radius 1 is 1.33 bits per heavy atom. The van der Waals surface area contributed by atoms with Gasteiger partial charge in [-0.3, -0.25) is 10.1 Å². The van der Waals surface area contributed by atoms with Crippen molar-refractivity contribution in [2.75, 3.05) is 0 Å². The van der Waals surface area contributed by atoms with E-state index in [2.05, 4.69) is 51.8 Å². The maximum absolute atomic E-state index is 13.0. The summed E-state index contributed by atoms with van der Waals surface area (Å²) in [6.07, 6.45) is 5.84. The van der Waals surface area contributed by atoms with Gasteiger partial charge >= 0.3 is 0 Å². The Hall–Kier alpha value is -0.570. The molecule has 0 aromatic rings. The predicted octanol–water partition coefficient (Wildman–Crippen LogP) is 3.78. The third kappa shape index (κ3) is 3.28. The molecule has 3 nitrogen and oxygen atoms in total. The molecule has 1 aliphatic carbocycles. The molecule has 3 heteroatoms. The summed E-state index contributed by atoms with van der Waals surface area (Å²) in [5, 5.41) is 3.65. The highest BCUT2D eigenvalue weighted by Crippen LogP contribution is 2.37. The molecule has 5 unspecified atom stereocenters. The molecule has 21 heavy (non-hydrogen) atoms. The second kappa shape index (κ2) is 6.28. The van der Waals surface area contributed by atoms with Crippen LogP contribution in [0.2, 0.25) is 0 Å². The highest BCUT2D eigenvalue weighted by molar-refractivity contribution is 5.88. The lowest BCUT2D eigenvalue weighted by molar-refractivity contribution is -0.137. The van der Waals surface area contributed by atoms with Gasteiger partial charge in [0.25, 0.3) is 0 Å². The highest BCUT2D eigenvalue weighted by atomic mass is 16.2. The highest BCUT2D eigenvalue weighted by Gasteiger charge is 2.50. The molecule has 1 saturated heterocycles. The third-order valence-corrected chi connectivity index (χ3v) is 5.67. The molecule has 5 atom stereocenters. The van der Waals surface area contributed by atoms with Crippen molar-refractivity contribution >= 4 is 5.91 Å². The van der Waals surface area contributed by atoms with Gasteiger partial charge in [0.1, 0.15) is 0 Å². The molecule has 122 valence electrons. The molecule has 1 amide bonds. The van der Waals surface area contributed by atoms with Crippen LogP contribution in [0.15, 0.2) is 0 Å². The Kier molecular flexibility index (Phi) is 5.02. The molecule has 0 aromatic heterocycles. The standard InChI is InChI=1S/C18H34N2O/c1-7-18(6)17(21)20(16(19-18)10-12(2)3)15-9-8-13(4)11-14(15)5/h12-16,19H,7-11H2,1-6H3. The van der Waals surface area contributed by atoms with Crippen LogP contribution in [0.25, 0.3) is 0 Å². The number of amides is 1. The Balaban J connectivity index is 2.22. The fraction of sp³-hybridized carbons (Fsp3) is 0.944. The van der Waals surface area contributed by atoms with Gasteiger partial charge in [0, 0.05) is 6.04 Å². The molecule has 0 radical (unpaired) electrons. The van der Waals surface area contributed by atoms with Crippen LogP contribution < -0.4 is 5.32 Å². The Morgan fingerprint density at radius 3 is 2.52 bits per heavy atom. The first-order valence-corrected chi connectivity index (χ1v) is 8.89. The number of hydrogen-bond donors (Lipinski definition) is 1. The van der Waals surface area contributed by atoms with Gasteiger partial charge in [0.15, 0.2) is 0 Å². The first kappa shape index (κ1) is 16.8. The molecule has 1 aliphatic heterocycles. The zero-order chi connectivity index (χ0) is 15.8. The molecule has 0 aromatic carbocycles. The molecule has 2 rings (SSSR count). The van der Waals surface area contributed by atoms with Crippen molar-refractivity contribution in [2.45, 2.75) is 91.4 Å². The first-order chi connectivity index (χ1) is 9.78. The number of carbonyl (C=O) groups excluding carboxylic acids is 1. The summed E-state index contributed by atoms with van der Waals surface area (Å²) in [7, 11) is 0. The second-order valence-electron chi connectivity index (χ2n) is 8.15. The fourth-order valence-corrected chi connectivity index (χ4v) is 4.24. The number of nitrogens with one attached hydrogen (secondary N) is 1. The van der Waals surface area contributed by atoms with Crippen LogP contribution in [0.3, 0.4) is 0 Å². The monoisotopic (exact) mass is 294 g/mol. The quantitative estimate of drug-likeness (QED) is 0.855. The summed E-state index contributed by atoms with van der Waals surface area (Å²) in [5.74, 6) is 2.37. The zero-order valence-corrected chi connectivity index (χ0v) is 14.8. The minimum atomic E-state index is -0.359. The summed E-state index contributed by atoms with van der Waals surface area (Å²) in [6, 6.07) is 0.429. The van der Waals surface area contributed by atoms with E-state index in [-0.39, 0.29) is 11.7 Å². The number of carbonyl (C=O) groups is 1. The van der Waals surface area contributed by atoms with Gasteiger partial charge in [-0.2, -0.15) is 0 Å². The van der Waals surface area contributed by atoms with Gasteiger partial charge in [-0.25, -0.2) is 0 Å². The maximum Gasteiger partial charge on any atom is 0.244 e. The average molecular weight is 294 g/mol. The van der Waals surface area contributed by atoms with E-state index in [0.29, 0.717) is 23.8 Å². The van der Waals surface area contributed by atoms with E-state index in [0.717, 1.165) is 18.8 Å². The van der Waals surface area contributed by atoms with E-state index in [4.69, 9.17) is 0 Å². The average Bonchev–Trinajstić information content (AvgIpc) is 2.62. The van der Waals surface area contributed by atoms with Crippen LogP contribution in [0, 0.1) is 17.8 Å². The smallest absolute Gasteiger partial charge is 0.244 e. The first-order valence-electron chi connectivity index (χ1n) is 8.89. The van der Waals surface area contributed by atoms with Crippen LogP contribution in [0.5, 0.6) is 0 Å². The SMILES string of the molecule is CCC1(C)NC(CC(C)C)N(C2CCC(C)CC2C)C1=O. The van der Waals surface area contributed by atoms with Crippen LogP contribution in [-0.2, 0) is 4.79 Å². The zero-order valence-electron chi connectivity index (χ0n) is 14.8. The van der Waals surface area contributed by atoms with Crippen molar-refractivity contribution < 1.29 is 4.79 Å². The van der Waals surface area contributed by atoms with E-state index in [1.807, 2.05) is 0 Å². The number of nitrogens with zero attached hydrogens (tertiary/aromatic N) is 1. The molecule has 0 bridgehead atoms. The predicted molar refractivity (Wildman–Crippen MR) is 87.9 cm³/mol. The van der Waals surface area contributed by atoms with Gasteiger partial charge in [0.05, 0.1) is 11.7 Å².